The lowest BCUT2D eigenvalue weighted by molar-refractivity contribution is -0.129. The molecule has 1 aliphatic heterocycles. The Morgan fingerprint density at radius 3 is 2.75 bits per heavy atom. The summed E-state index contributed by atoms with van der Waals surface area (Å²) >= 11 is 1.28. The molecule has 4 amide bonds. The lowest BCUT2D eigenvalue weighted by atomic mass is 10.1. The van der Waals surface area contributed by atoms with E-state index in [1.54, 1.807) is 37.9 Å². The Morgan fingerprint density at radius 1 is 1.29 bits per heavy atom. The van der Waals surface area contributed by atoms with Gasteiger partial charge in [0.15, 0.2) is 16.6 Å². The molecule has 148 valence electrons. The number of urea groups is 1. The molecule has 0 spiro atoms. The number of amides is 4. The van der Waals surface area contributed by atoms with Gasteiger partial charge in [-0.15, -0.1) is 11.3 Å². The topological polar surface area (TPSA) is 110 Å². The Bertz CT molecular complexity index is 871. The molecule has 1 fully saturated rings. The summed E-state index contributed by atoms with van der Waals surface area (Å²) in [4.78, 5) is 41.8. The van der Waals surface area contributed by atoms with E-state index >= 15 is 0 Å². The maximum atomic E-state index is 12.5. The van der Waals surface area contributed by atoms with Crippen LogP contribution >= 0.6 is 11.3 Å². The normalized spacial score (nSPS) is 16.1. The van der Waals surface area contributed by atoms with Crippen LogP contribution in [0, 0.1) is 0 Å². The molecule has 1 saturated heterocycles. The zero-order valence-corrected chi connectivity index (χ0v) is 16.2. The molecular formula is C18H20N4O5S. The number of hydrogen-bond acceptors (Lipinski definition) is 7. The van der Waals surface area contributed by atoms with E-state index < -0.39 is 18.0 Å². The molecule has 1 aliphatic rings. The highest BCUT2D eigenvalue weighted by molar-refractivity contribution is 7.13. The van der Waals surface area contributed by atoms with Gasteiger partial charge >= 0.3 is 6.03 Å². The lowest BCUT2D eigenvalue weighted by Gasteiger charge is -2.14. The third-order valence-electron chi connectivity index (χ3n) is 4.25. The summed E-state index contributed by atoms with van der Waals surface area (Å²) in [5.41, 5.74) is 0.892. The van der Waals surface area contributed by atoms with Gasteiger partial charge in [-0.1, -0.05) is 6.07 Å². The van der Waals surface area contributed by atoms with Gasteiger partial charge < -0.3 is 20.1 Å². The molecule has 3 rings (SSSR count). The number of methoxy groups -OCH3 is 2. The van der Waals surface area contributed by atoms with E-state index in [4.69, 9.17) is 9.47 Å². The zero-order valence-electron chi connectivity index (χ0n) is 15.4. The van der Waals surface area contributed by atoms with Gasteiger partial charge in [-0.25, -0.2) is 9.78 Å². The van der Waals surface area contributed by atoms with Gasteiger partial charge in [0, 0.05) is 18.1 Å². The molecule has 10 heteroatoms. The van der Waals surface area contributed by atoms with Crippen molar-refractivity contribution in [3.8, 4) is 11.5 Å². The van der Waals surface area contributed by atoms with Crippen LogP contribution in [0.25, 0.3) is 0 Å². The number of anilines is 1. The van der Waals surface area contributed by atoms with E-state index in [0.717, 1.165) is 10.5 Å². The first-order valence-electron chi connectivity index (χ1n) is 8.54. The number of rotatable bonds is 8. The fourth-order valence-electron chi connectivity index (χ4n) is 2.84. The number of carbonyl (C=O) groups is 3. The van der Waals surface area contributed by atoms with Crippen LogP contribution in [0.5, 0.6) is 11.5 Å². The molecular weight excluding hydrogens is 384 g/mol. The van der Waals surface area contributed by atoms with Crippen molar-refractivity contribution in [2.45, 2.75) is 18.9 Å². The summed E-state index contributed by atoms with van der Waals surface area (Å²) in [5, 5.41) is 7.34. The van der Waals surface area contributed by atoms with Crippen LogP contribution in [0.3, 0.4) is 0 Å². The summed E-state index contributed by atoms with van der Waals surface area (Å²) in [6.07, 6.45) is 1.88. The summed E-state index contributed by atoms with van der Waals surface area (Å²) in [6.45, 7) is 0.199. The Balaban J connectivity index is 1.57. The monoisotopic (exact) mass is 404 g/mol. The van der Waals surface area contributed by atoms with E-state index in [1.807, 2.05) is 6.07 Å². The number of carbonyl (C=O) groups excluding carboxylic acids is 3. The van der Waals surface area contributed by atoms with Crippen molar-refractivity contribution in [2.75, 3.05) is 26.1 Å². The molecule has 0 bridgehead atoms. The van der Waals surface area contributed by atoms with Gasteiger partial charge in [-0.05, 0) is 24.1 Å². The van der Waals surface area contributed by atoms with Gasteiger partial charge in [0.1, 0.15) is 6.04 Å². The third-order valence-corrected chi connectivity index (χ3v) is 4.94. The van der Waals surface area contributed by atoms with E-state index in [1.165, 1.54) is 11.3 Å². The number of ether oxygens (including phenoxy) is 2. The second kappa shape index (κ2) is 8.70. The third kappa shape index (κ3) is 4.39. The average molecular weight is 404 g/mol. The molecule has 0 aliphatic carbocycles. The highest BCUT2D eigenvalue weighted by Gasteiger charge is 2.38. The van der Waals surface area contributed by atoms with E-state index in [-0.39, 0.29) is 18.9 Å². The molecule has 2 heterocycles. The van der Waals surface area contributed by atoms with Crippen molar-refractivity contribution in [3.05, 3.63) is 35.3 Å². The first-order valence-corrected chi connectivity index (χ1v) is 9.42. The van der Waals surface area contributed by atoms with Crippen LogP contribution in [0.2, 0.25) is 0 Å². The molecule has 0 radical (unpaired) electrons. The van der Waals surface area contributed by atoms with Crippen LogP contribution in [0.15, 0.2) is 29.8 Å². The molecule has 0 saturated carbocycles. The largest absolute Gasteiger partial charge is 0.493 e. The lowest BCUT2D eigenvalue weighted by Crippen LogP contribution is -2.34. The predicted octanol–water partition coefficient (Wildman–Crippen LogP) is 1.65. The molecule has 0 unspecified atom stereocenters. The highest BCUT2D eigenvalue weighted by atomic mass is 32.1. The van der Waals surface area contributed by atoms with Gasteiger partial charge in [0.25, 0.3) is 5.91 Å². The fourth-order valence-corrected chi connectivity index (χ4v) is 3.39. The van der Waals surface area contributed by atoms with Crippen molar-refractivity contribution >= 4 is 34.3 Å². The number of aromatic nitrogens is 1. The van der Waals surface area contributed by atoms with Crippen molar-refractivity contribution in [1.82, 2.24) is 15.2 Å². The van der Waals surface area contributed by atoms with E-state index in [9.17, 15) is 14.4 Å². The maximum absolute atomic E-state index is 12.5. The summed E-state index contributed by atoms with van der Waals surface area (Å²) in [6, 6.07) is 4.04. The first kappa shape index (κ1) is 19.6. The second-order valence-corrected chi connectivity index (χ2v) is 6.92. The number of thiazole rings is 1. The molecule has 2 aromatic rings. The van der Waals surface area contributed by atoms with Gasteiger partial charge in [-0.2, -0.15) is 0 Å². The first-order chi connectivity index (χ1) is 13.5. The minimum absolute atomic E-state index is 0.142. The molecule has 1 aromatic heterocycles. The molecule has 9 nitrogen and oxygen atoms in total. The minimum Gasteiger partial charge on any atom is -0.493 e. The number of benzene rings is 1. The van der Waals surface area contributed by atoms with E-state index in [2.05, 4.69) is 15.6 Å². The van der Waals surface area contributed by atoms with Gasteiger partial charge in [0.05, 0.1) is 20.6 Å². The van der Waals surface area contributed by atoms with Gasteiger partial charge in [0.2, 0.25) is 5.91 Å². The zero-order chi connectivity index (χ0) is 20.1. The van der Waals surface area contributed by atoms with Crippen LogP contribution in [0.4, 0.5) is 9.93 Å². The standard InChI is InChI=1S/C18H20N4O5S/c1-26-13-4-3-11(9-14(13)27-2)5-7-22-16(24)12(20-18(22)25)10-15(23)21-17-19-6-8-28-17/h3-4,6,8-9,12H,5,7,10H2,1-2H3,(H,20,25)(H,19,21,23)/t12-/m1/s1. The van der Waals surface area contributed by atoms with Crippen molar-refractivity contribution < 1.29 is 23.9 Å². The van der Waals surface area contributed by atoms with Crippen LogP contribution < -0.4 is 20.1 Å². The number of nitrogens with zero attached hydrogens (tertiary/aromatic N) is 2. The predicted molar refractivity (Wildman–Crippen MR) is 103 cm³/mol. The van der Waals surface area contributed by atoms with Crippen LogP contribution in [-0.2, 0) is 16.0 Å². The van der Waals surface area contributed by atoms with Gasteiger partial charge in [-0.3, -0.25) is 14.5 Å². The number of hydrogen-bond donors (Lipinski definition) is 2. The smallest absolute Gasteiger partial charge is 0.324 e. The Kier molecular flexibility index (Phi) is 6.09. The summed E-state index contributed by atoms with van der Waals surface area (Å²) in [7, 11) is 3.09. The average Bonchev–Trinajstić information content (AvgIpc) is 3.28. The quantitative estimate of drug-likeness (QED) is 0.648. The SMILES string of the molecule is COc1ccc(CCN2C(=O)N[C@H](CC(=O)Nc3nccs3)C2=O)cc1OC. The maximum Gasteiger partial charge on any atom is 0.324 e. The second-order valence-electron chi connectivity index (χ2n) is 6.02. The molecule has 28 heavy (non-hydrogen) atoms. The number of nitrogens with one attached hydrogen (secondary N) is 2. The van der Waals surface area contributed by atoms with E-state index in [0.29, 0.717) is 23.1 Å². The van der Waals surface area contributed by atoms with Crippen LogP contribution in [-0.4, -0.2) is 54.5 Å². The highest BCUT2D eigenvalue weighted by Crippen LogP contribution is 2.28. The Labute approximate surface area is 165 Å². The fraction of sp³-hybridized carbons (Fsp3) is 0.333. The molecule has 2 N–H and O–H groups in total. The summed E-state index contributed by atoms with van der Waals surface area (Å²) in [5.74, 6) is 0.386. The van der Waals surface area contributed by atoms with Crippen LogP contribution in [0.1, 0.15) is 12.0 Å². The van der Waals surface area contributed by atoms with Crippen molar-refractivity contribution in [2.24, 2.45) is 0 Å². The molecule has 1 aromatic carbocycles. The number of imide groups is 1. The minimum atomic E-state index is -0.877. The Hall–Kier alpha value is -3.14. The Morgan fingerprint density at radius 2 is 2.07 bits per heavy atom. The van der Waals surface area contributed by atoms with Crippen molar-refractivity contribution in [1.29, 1.82) is 0 Å². The van der Waals surface area contributed by atoms with Crippen molar-refractivity contribution in [3.63, 3.8) is 0 Å². The molecule has 1 atom stereocenters. The summed E-state index contributed by atoms with van der Waals surface area (Å²) < 4.78 is 10.5.